The third-order valence-electron chi connectivity index (χ3n) is 5.82. The Morgan fingerprint density at radius 3 is 1.11 bits per heavy atom. The first-order valence-corrected chi connectivity index (χ1v) is 15.8. The van der Waals surface area contributed by atoms with Crippen molar-refractivity contribution in [3.8, 4) is 0 Å². The number of carboxylic acids is 2. The van der Waals surface area contributed by atoms with Crippen LogP contribution in [0.2, 0.25) is 0 Å². The zero-order valence-electron chi connectivity index (χ0n) is 28.8. The van der Waals surface area contributed by atoms with E-state index < -0.39 is 23.9 Å². The van der Waals surface area contributed by atoms with Crippen molar-refractivity contribution in [2.45, 2.75) is 130 Å². The van der Waals surface area contributed by atoms with Crippen molar-refractivity contribution in [3.05, 3.63) is 38.2 Å². The second-order valence-electron chi connectivity index (χ2n) is 9.63. The van der Waals surface area contributed by atoms with Gasteiger partial charge < -0.3 is 38.7 Å². The van der Waals surface area contributed by atoms with E-state index in [0.717, 1.165) is 25.0 Å². The number of esters is 2. The van der Waals surface area contributed by atoms with E-state index in [9.17, 15) is 29.4 Å². The van der Waals surface area contributed by atoms with E-state index in [1.807, 2.05) is 13.8 Å². The van der Waals surface area contributed by atoms with Crippen LogP contribution in [-0.2, 0) is 38.1 Å². The van der Waals surface area contributed by atoms with Gasteiger partial charge in [-0.1, -0.05) is 119 Å². The molecular formula is C34H60O10Sn. The number of unbranched alkanes of at least 4 members (excludes halogenated alkanes) is 10. The predicted molar refractivity (Wildman–Crippen MR) is 176 cm³/mol. The normalized spacial score (nSPS) is 11.4. The van der Waals surface area contributed by atoms with Crippen molar-refractivity contribution in [2.24, 2.45) is 0 Å². The van der Waals surface area contributed by atoms with Gasteiger partial charge in [0.15, 0.2) is 0 Å². The number of carboxylic acid groups (broad SMARTS) is 2. The number of rotatable bonds is 22. The standard InChI is InChI=1S/2C9H14O5.2C8H17.Sn/c2*1-3-7(13-2)6-14-9(12)5-4-8(10)11;2*1-3-5-7-8-6-4-2;/h2*4-5,7H,3,6H2,1-2H3,(H,10,11);2*1,3-8H2,2H3;/q;;;;+2/p-2/b2*5-4-;;;. The molecule has 0 saturated carbocycles. The average molecular weight is 748 g/mol. The smallest absolute Gasteiger partial charge is 0.545 e. The minimum atomic E-state index is -1.43. The van der Waals surface area contributed by atoms with Crippen LogP contribution in [0.4, 0.5) is 0 Å². The Balaban J connectivity index is -0.000000162. The molecule has 0 fully saturated rings. The quantitative estimate of drug-likeness (QED) is 0.0670. The Hall–Kier alpha value is -1.92. The molecule has 0 amide bonds. The van der Waals surface area contributed by atoms with E-state index in [1.54, 1.807) is 0 Å². The van der Waals surface area contributed by atoms with Crippen molar-refractivity contribution in [2.75, 3.05) is 27.4 Å². The van der Waals surface area contributed by atoms with E-state index in [0.29, 0.717) is 25.0 Å². The summed E-state index contributed by atoms with van der Waals surface area (Å²) in [5.74, 6) is -4.30. The average Bonchev–Trinajstić information content (AvgIpc) is 3.01. The van der Waals surface area contributed by atoms with Crippen molar-refractivity contribution in [3.63, 3.8) is 0 Å². The maximum Gasteiger partial charge on any atom is 2.00 e. The zero-order valence-corrected chi connectivity index (χ0v) is 31.6. The SMILES string of the molecule is CCC(COC(=O)/C=C\C(=O)[O-])OC.CCC(COC(=O)/C=C\C(=O)[O-])OC.[CH2]CCCCCCC.[CH2]CCCCCCC.[Sn+2]. The van der Waals surface area contributed by atoms with Crippen LogP contribution in [-0.4, -0.2) is 87.4 Å². The number of methoxy groups -OCH3 is 2. The molecule has 45 heavy (non-hydrogen) atoms. The molecule has 0 aliphatic heterocycles. The number of hydrogen-bond acceptors (Lipinski definition) is 10. The van der Waals surface area contributed by atoms with E-state index >= 15 is 0 Å². The minimum Gasteiger partial charge on any atom is -0.545 e. The van der Waals surface area contributed by atoms with Gasteiger partial charge in [0.1, 0.15) is 13.2 Å². The maximum absolute atomic E-state index is 10.8. The summed E-state index contributed by atoms with van der Waals surface area (Å²) in [4.78, 5) is 41.5. The molecule has 0 aromatic carbocycles. The van der Waals surface area contributed by atoms with Crippen LogP contribution in [0.1, 0.15) is 118 Å². The van der Waals surface area contributed by atoms with Gasteiger partial charge in [-0.05, 0) is 25.0 Å². The van der Waals surface area contributed by atoms with Crippen molar-refractivity contribution in [1.82, 2.24) is 0 Å². The predicted octanol–water partition coefficient (Wildman–Crippen LogP) is 4.50. The molecule has 0 aliphatic rings. The van der Waals surface area contributed by atoms with E-state index in [1.165, 1.54) is 78.4 Å². The number of carbonyl (C=O) groups is 4. The molecule has 11 heteroatoms. The number of carbonyl (C=O) groups excluding carboxylic acids is 4. The Bertz CT molecular complexity index is 646. The van der Waals surface area contributed by atoms with Gasteiger partial charge in [0.25, 0.3) is 0 Å². The fraction of sp³-hybridized carbons (Fsp3) is 0.706. The van der Waals surface area contributed by atoms with Crippen LogP contribution in [0.5, 0.6) is 0 Å². The fourth-order valence-corrected chi connectivity index (χ4v) is 2.98. The molecule has 0 spiro atoms. The zero-order chi connectivity index (χ0) is 34.4. The topological polar surface area (TPSA) is 151 Å². The number of hydrogen-bond donors (Lipinski definition) is 0. The van der Waals surface area contributed by atoms with Crippen LogP contribution in [0.25, 0.3) is 0 Å². The van der Waals surface area contributed by atoms with E-state index in [4.69, 9.17) is 18.9 Å². The molecule has 0 aromatic rings. The van der Waals surface area contributed by atoms with Gasteiger partial charge in [0, 0.05) is 26.4 Å². The molecule has 2 unspecified atom stereocenters. The molecule has 0 aliphatic carbocycles. The summed E-state index contributed by atoms with van der Waals surface area (Å²) in [7, 11) is 3.03. The molecule has 0 bridgehead atoms. The third-order valence-corrected chi connectivity index (χ3v) is 5.82. The molecule has 2 atom stereocenters. The summed E-state index contributed by atoms with van der Waals surface area (Å²) in [5, 5.41) is 19.8. The molecule has 10 nitrogen and oxygen atoms in total. The summed E-state index contributed by atoms with van der Waals surface area (Å²) < 4.78 is 19.3. The first kappa shape index (κ1) is 52.6. The molecule has 0 saturated heterocycles. The molecular weight excluding hydrogens is 687 g/mol. The summed E-state index contributed by atoms with van der Waals surface area (Å²) in [5.41, 5.74) is 0. The first-order chi connectivity index (χ1) is 21.0. The van der Waals surface area contributed by atoms with Gasteiger partial charge in [-0.3, -0.25) is 0 Å². The van der Waals surface area contributed by atoms with Gasteiger partial charge in [-0.15, -0.1) is 0 Å². The molecule has 0 aromatic heterocycles. The summed E-state index contributed by atoms with van der Waals surface area (Å²) in [6.45, 7) is 16.1. The molecule has 260 valence electrons. The van der Waals surface area contributed by atoms with Crippen LogP contribution in [0, 0.1) is 13.8 Å². The van der Waals surface area contributed by atoms with Crippen LogP contribution < -0.4 is 10.2 Å². The summed E-state index contributed by atoms with van der Waals surface area (Å²) in [6.07, 6.45) is 19.9. The van der Waals surface area contributed by atoms with Crippen LogP contribution in [0.15, 0.2) is 24.3 Å². The van der Waals surface area contributed by atoms with Crippen molar-refractivity contribution >= 4 is 47.8 Å². The monoisotopic (exact) mass is 748 g/mol. The fourth-order valence-electron chi connectivity index (χ4n) is 2.98. The van der Waals surface area contributed by atoms with Crippen molar-refractivity contribution < 1.29 is 48.3 Å². The Morgan fingerprint density at radius 2 is 0.889 bits per heavy atom. The molecule has 0 rings (SSSR count). The number of aliphatic carboxylic acids is 2. The first-order valence-electron chi connectivity index (χ1n) is 15.8. The number of ether oxygens (including phenoxy) is 4. The van der Waals surface area contributed by atoms with Gasteiger partial charge in [0.2, 0.25) is 0 Å². The van der Waals surface area contributed by atoms with E-state index in [-0.39, 0.29) is 49.3 Å². The molecule has 4 radical (unpaired) electrons. The minimum absolute atomic E-state index is 0. The van der Waals surface area contributed by atoms with Crippen LogP contribution >= 0.6 is 0 Å². The van der Waals surface area contributed by atoms with Gasteiger partial charge in [-0.2, -0.15) is 0 Å². The second kappa shape index (κ2) is 44.2. The Kier molecular flexibility index (Phi) is 51.7. The third kappa shape index (κ3) is 51.9. The van der Waals surface area contributed by atoms with E-state index in [2.05, 4.69) is 27.7 Å². The van der Waals surface area contributed by atoms with Gasteiger partial charge in [-0.25, -0.2) is 9.59 Å². The molecule has 0 heterocycles. The van der Waals surface area contributed by atoms with Crippen LogP contribution in [0.3, 0.4) is 0 Å². The maximum atomic E-state index is 10.8. The molecule has 0 N–H and O–H groups in total. The summed E-state index contributed by atoms with van der Waals surface area (Å²) >= 11 is 0. The van der Waals surface area contributed by atoms with Gasteiger partial charge >= 0.3 is 35.8 Å². The van der Waals surface area contributed by atoms with Crippen molar-refractivity contribution in [1.29, 1.82) is 0 Å². The Labute approximate surface area is 290 Å². The largest absolute Gasteiger partial charge is 2.00 e. The second-order valence-corrected chi connectivity index (χ2v) is 9.63. The Morgan fingerprint density at radius 1 is 0.578 bits per heavy atom. The summed E-state index contributed by atoms with van der Waals surface area (Å²) in [6, 6.07) is 0. The van der Waals surface area contributed by atoms with Gasteiger partial charge in [0.05, 0.1) is 24.1 Å².